The van der Waals surface area contributed by atoms with Gasteiger partial charge in [0, 0.05) is 26.4 Å². The Hall–Kier alpha value is -6.06. The lowest BCUT2D eigenvalue weighted by Gasteiger charge is -2.23. The zero-order chi connectivity index (χ0) is 40.0. The quantitative estimate of drug-likeness (QED) is 0.166. The molecule has 1 atom stereocenters. The van der Waals surface area contributed by atoms with E-state index in [2.05, 4.69) is 15.6 Å². The Morgan fingerprint density at radius 3 is 2.30 bits per heavy atom. The summed E-state index contributed by atoms with van der Waals surface area (Å²) in [5, 5.41) is 5.10. The summed E-state index contributed by atoms with van der Waals surface area (Å²) in [7, 11) is 3.19. The Morgan fingerprint density at radius 2 is 1.65 bits per heavy atom. The van der Waals surface area contributed by atoms with E-state index in [-0.39, 0.29) is 59.3 Å². The molecule has 0 spiro atoms. The van der Waals surface area contributed by atoms with Gasteiger partial charge in [0.1, 0.15) is 40.1 Å². The van der Waals surface area contributed by atoms with Gasteiger partial charge in [-0.3, -0.25) is 14.4 Å². The molecule has 4 aromatic rings. The number of hydrogen-bond donors (Lipinski definition) is 2. The average Bonchev–Trinajstić information content (AvgIpc) is 3.42. The highest BCUT2D eigenvalue weighted by Crippen LogP contribution is 2.32. The summed E-state index contributed by atoms with van der Waals surface area (Å²) in [5.41, 5.74) is -2.25. The molecule has 0 aliphatic carbocycles. The van der Waals surface area contributed by atoms with Gasteiger partial charge in [0.05, 0.1) is 12.1 Å². The molecule has 2 N–H and O–H groups in total. The fourth-order valence-electron chi connectivity index (χ4n) is 4.94. The number of allylic oxidation sites excluding steroid dienone is 1. The number of halogens is 2. The highest BCUT2D eigenvalue weighted by Gasteiger charge is 2.27. The van der Waals surface area contributed by atoms with Crippen molar-refractivity contribution in [2.24, 2.45) is 0 Å². The van der Waals surface area contributed by atoms with Crippen molar-refractivity contribution < 1.29 is 42.2 Å². The number of benzene rings is 2. The topological polar surface area (TPSA) is 163 Å². The van der Waals surface area contributed by atoms with Crippen LogP contribution in [0.15, 0.2) is 71.7 Å². The standard InChI is InChI=1S/C38H44F2N6O8/c1-37(2,3)53-35(50)42-25(13-9-10-17-31(47)44(7)8)33(48)41-26-14-12-20-45(34(26)49)22-30-43-32-27(46(30)36(51)54-38(4,5)6)15-11-16-29(32)52-28-19-18-23(39)21-24(28)40/h10-12,14-21,25H,9,13,22H2,1-8H3,(H,41,48)(H,42,50). The van der Waals surface area contributed by atoms with Gasteiger partial charge >= 0.3 is 12.2 Å². The second-order valence-corrected chi connectivity index (χ2v) is 14.4. The molecule has 0 aliphatic heterocycles. The lowest BCUT2D eigenvalue weighted by Crippen LogP contribution is -2.46. The molecule has 2 aromatic carbocycles. The number of fused-ring (bicyclic) bond motifs is 1. The second-order valence-electron chi connectivity index (χ2n) is 14.4. The molecular formula is C38H44F2N6O8. The first-order valence-corrected chi connectivity index (χ1v) is 17.0. The van der Waals surface area contributed by atoms with Crippen LogP contribution >= 0.6 is 0 Å². The lowest BCUT2D eigenvalue weighted by molar-refractivity contribution is -0.123. The number of aromatic nitrogens is 3. The van der Waals surface area contributed by atoms with Crippen LogP contribution in [0.2, 0.25) is 0 Å². The number of rotatable bonds is 11. The van der Waals surface area contributed by atoms with Crippen LogP contribution in [0.4, 0.5) is 24.1 Å². The Bertz CT molecular complexity index is 2130. The molecule has 0 bridgehead atoms. The summed E-state index contributed by atoms with van der Waals surface area (Å²) < 4.78 is 47.2. The van der Waals surface area contributed by atoms with E-state index in [0.717, 1.165) is 16.7 Å². The van der Waals surface area contributed by atoms with E-state index in [1.807, 2.05) is 0 Å². The van der Waals surface area contributed by atoms with Gasteiger partial charge in [-0.25, -0.2) is 27.9 Å². The number of para-hydroxylation sites is 1. The third-order valence-electron chi connectivity index (χ3n) is 7.33. The van der Waals surface area contributed by atoms with Gasteiger partial charge in [-0.1, -0.05) is 12.1 Å². The Morgan fingerprint density at radius 1 is 0.944 bits per heavy atom. The van der Waals surface area contributed by atoms with Crippen LogP contribution < -0.4 is 20.9 Å². The van der Waals surface area contributed by atoms with Crippen molar-refractivity contribution >= 4 is 40.7 Å². The van der Waals surface area contributed by atoms with E-state index in [9.17, 15) is 32.8 Å². The fourth-order valence-corrected chi connectivity index (χ4v) is 4.94. The number of carbonyl (C=O) groups is 4. The molecule has 4 rings (SSSR count). The first kappa shape index (κ1) is 40.7. The number of nitrogens with zero attached hydrogens (tertiary/aromatic N) is 4. The number of anilines is 1. The summed E-state index contributed by atoms with van der Waals surface area (Å²) in [4.78, 5) is 71.4. The van der Waals surface area contributed by atoms with Crippen LogP contribution in [0.5, 0.6) is 11.5 Å². The number of alkyl carbamates (subject to hydrolysis) is 1. The lowest BCUT2D eigenvalue weighted by atomic mass is 10.1. The maximum atomic E-state index is 14.5. The highest BCUT2D eigenvalue weighted by molar-refractivity contribution is 5.96. The SMILES string of the molecule is CN(C)C(=O)C=CCCC(NC(=O)OC(C)(C)C)C(=O)Nc1cccn(Cc2nc3c(Oc4ccc(F)cc4F)cccc3n2C(=O)OC(C)(C)C)c1=O. The molecule has 54 heavy (non-hydrogen) atoms. The predicted molar refractivity (Wildman–Crippen MR) is 196 cm³/mol. The first-order valence-electron chi connectivity index (χ1n) is 17.0. The summed E-state index contributed by atoms with van der Waals surface area (Å²) in [6, 6.07) is 9.12. The van der Waals surface area contributed by atoms with Crippen molar-refractivity contribution in [2.45, 2.75) is 78.2 Å². The van der Waals surface area contributed by atoms with Gasteiger partial charge < -0.3 is 34.3 Å². The van der Waals surface area contributed by atoms with Crippen molar-refractivity contribution in [3.63, 3.8) is 0 Å². The van der Waals surface area contributed by atoms with Crippen LogP contribution in [0.25, 0.3) is 11.0 Å². The van der Waals surface area contributed by atoms with E-state index in [1.54, 1.807) is 73.8 Å². The van der Waals surface area contributed by atoms with Crippen LogP contribution in [-0.4, -0.2) is 74.4 Å². The smallest absolute Gasteiger partial charge is 0.420 e. The number of nitrogens with one attached hydrogen (secondary N) is 2. The minimum atomic E-state index is -1.16. The Kier molecular flexibility index (Phi) is 12.6. The molecule has 288 valence electrons. The van der Waals surface area contributed by atoms with Gasteiger partial charge in [0.2, 0.25) is 11.8 Å². The third-order valence-corrected chi connectivity index (χ3v) is 7.33. The van der Waals surface area contributed by atoms with E-state index < -0.39 is 52.5 Å². The molecule has 14 nitrogen and oxygen atoms in total. The number of likely N-dealkylation sites (N-methyl/N-ethyl adjacent to an activating group) is 1. The van der Waals surface area contributed by atoms with Crippen LogP contribution in [0.3, 0.4) is 0 Å². The average molecular weight is 751 g/mol. The van der Waals surface area contributed by atoms with Gasteiger partial charge in [-0.15, -0.1) is 0 Å². The van der Waals surface area contributed by atoms with Crippen molar-refractivity contribution in [1.82, 2.24) is 24.3 Å². The molecule has 0 saturated carbocycles. The second kappa shape index (κ2) is 16.7. The van der Waals surface area contributed by atoms with Crippen LogP contribution in [0, 0.1) is 11.6 Å². The van der Waals surface area contributed by atoms with Crippen molar-refractivity contribution in [1.29, 1.82) is 0 Å². The zero-order valence-corrected chi connectivity index (χ0v) is 31.4. The number of hydrogen-bond acceptors (Lipinski definition) is 9. The fraction of sp³-hybridized carbons (Fsp3) is 0.368. The van der Waals surface area contributed by atoms with Gasteiger partial charge in [-0.05, 0) is 96.9 Å². The number of amides is 3. The molecule has 1 unspecified atom stereocenters. The van der Waals surface area contributed by atoms with Crippen LogP contribution in [-0.2, 0) is 25.6 Å². The minimum Gasteiger partial charge on any atom is -0.452 e. The highest BCUT2D eigenvalue weighted by atomic mass is 19.1. The van der Waals surface area contributed by atoms with Gasteiger partial charge in [0.15, 0.2) is 17.3 Å². The van der Waals surface area contributed by atoms with E-state index in [4.69, 9.17) is 14.2 Å². The monoisotopic (exact) mass is 750 g/mol. The normalized spacial score (nSPS) is 12.3. The van der Waals surface area contributed by atoms with Gasteiger partial charge in [-0.2, -0.15) is 0 Å². The predicted octanol–water partition coefficient (Wildman–Crippen LogP) is 6.36. The molecule has 16 heteroatoms. The zero-order valence-electron chi connectivity index (χ0n) is 31.4. The summed E-state index contributed by atoms with van der Waals surface area (Å²) >= 11 is 0. The molecule has 0 saturated heterocycles. The van der Waals surface area contributed by atoms with E-state index >= 15 is 0 Å². The van der Waals surface area contributed by atoms with Crippen molar-refractivity contribution in [3.05, 3.63) is 94.7 Å². The maximum Gasteiger partial charge on any atom is 0.420 e. The molecule has 2 aromatic heterocycles. The maximum absolute atomic E-state index is 14.5. The third kappa shape index (κ3) is 11.0. The van der Waals surface area contributed by atoms with E-state index in [1.165, 1.54) is 39.9 Å². The Labute approximate surface area is 310 Å². The Balaban J connectivity index is 1.67. The molecule has 3 amide bonds. The van der Waals surface area contributed by atoms with Crippen molar-refractivity contribution in [2.75, 3.05) is 19.4 Å². The minimum absolute atomic E-state index is 0.0315. The largest absolute Gasteiger partial charge is 0.452 e. The van der Waals surface area contributed by atoms with Crippen LogP contribution in [0.1, 0.15) is 60.2 Å². The first-order chi connectivity index (χ1) is 25.2. The van der Waals surface area contributed by atoms with E-state index in [0.29, 0.717) is 6.07 Å². The van der Waals surface area contributed by atoms with Gasteiger partial charge in [0.25, 0.3) is 5.56 Å². The molecule has 0 fully saturated rings. The number of ether oxygens (including phenoxy) is 3. The number of imidazole rings is 1. The van der Waals surface area contributed by atoms with Crippen molar-refractivity contribution in [3.8, 4) is 11.5 Å². The number of pyridine rings is 1. The number of carbonyl (C=O) groups excluding carboxylic acids is 4. The summed E-state index contributed by atoms with van der Waals surface area (Å²) in [6.45, 7) is 9.73. The molecular weight excluding hydrogens is 706 g/mol. The molecule has 2 heterocycles. The molecule has 0 aliphatic rings. The summed E-state index contributed by atoms with van der Waals surface area (Å²) in [5.74, 6) is -2.94. The summed E-state index contributed by atoms with van der Waals surface area (Å²) in [6.07, 6.45) is 2.96. The molecule has 0 radical (unpaired) electrons.